The topological polar surface area (TPSA) is 64.6 Å². The van der Waals surface area contributed by atoms with Gasteiger partial charge in [-0.05, 0) is 6.92 Å². The molecule has 1 unspecified atom stereocenters. The zero-order chi connectivity index (χ0) is 9.19. The minimum atomic E-state index is -1.05. The van der Waals surface area contributed by atoms with Crippen LogP contribution < -0.4 is 5.32 Å². The molecular formula is C7H11NO4. The van der Waals surface area contributed by atoms with Crippen molar-refractivity contribution in [1.29, 1.82) is 0 Å². The molecule has 1 aliphatic rings. The van der Waals surface area contributed by atoms with Crippen LogP contribution in [-0.2, 0) is 14.3 Å². The number of ether oxygens (including phenoxy) is 2. The number of rotatable bonds is 3. The molecule has 5 nitrogen and oxygen atoms in total. The first-order valence-electron chi connectivity index (χ1n) is 3.62. The van der Waals surface area contributed by atoms with Gasteiger partial charge >= 0.3 is 6.09 Å². The fourth-order valence-corrected chi connectivity index (χ4v) is 0.963. The van der Waals surface area contributed by atoms with Crippen molar-refractivity contribution in [2.45, 2.75) is 18.9 Å². The summed E-state index contributed by atoms with van der Waals surface area (Å²) in [5.74, 6) is -0.399. The summed E-state index contributed by atoms with van der Waals surface area (Å²) in [5.41, 5.74) is -1.05. The van der Waals surface area contributed by atoms with Gasteiger partial charge in [0.2, 0.25) is 0 Å². The molecule has 68 valence electrons. The number of hydrogen-bond acceptors (Lipinski definition) is 4. The van der Waals surface area contributed by atoms with E-state index >= 15 is 0 Å². The van der Waals surface area contributed by atoms with E-state index in [2.05, 4.69) is 5.32 Å². The van der Waals surface area contributed by atoms with Crippen LogP contribution in [0.4, 0.5) is 4.79 Å². The predicted octanol–water partition coefficient (Wildman–Crippen LogP) is 0.0480. The van der Waals surface area contributed by atoms with E-state index in [-0.39, 0.29) is 0 Å². The highest BCUT2D eigenvalue weighted by Crippen LogP contribution is 2.20. The van der Waals surface area contributed by atoms with Crippen molar-refractivity contribution in [2.75, 3.05) is 13.7 Å². The van der Waals surface area contributed by atoms with Crippen molar-refractivity contribution >= 4 is 12.0 Å². The molecule has 0 spiro atoms. The Hall–Kier alpha value is -1.10. The number of amides is 2. The Balaban J connectivity index is 2.58. The fourth-order valence-electron chi connectivity index (χ4n) is 0.963. The number of methoxy groups -OCH3 is 1. The number of imide groups is 1. The number of hydrogen-bond donors (Lipinski definition) is 1. The molecule has 1 atom stereocenters. The molecule has 1 saturated heterocycles. The SMILES string of the molecule is COCCC1(C)OC(=O)NC1=O. The van der Waals surface area contributed by atoms with Crippen LogP contribution in [0.5, 0.6) is 0 Å². The predicted molar refractivity (Wildman–Crippen MR) is 39.5 cm³/mol. The molecule has 5 heteroatoms. The van der Waals surface area contributed by atoms with Crippen molar-refractivity contribution in [3.63, 3.8) is 0 Å². The summed E-state index contributed by atoms with van der Waals surface area (Å²) in [4.78, 5) is 21.7. The van der Waals surface area contributed by atoms with Gasteiger partial charge in [0, 0.05) is 13.5 Å². The molecule has 1 N–H and O–H groups in total. The Kier molecular flexibility index (Phi) is 2.32. The van der Waals surface area contributed by atoms with Gasteiger partial charge in [0.15, 0.2) is 5.60 Å². The van der Waals surface area contributed by atoms with Crippen LogP contribution in [0.2, 0.25) is 0 Å². The quantitative estimate of drug-likeness (QED) is 0.654. The lowest BCUT2D eigenvalue weighted by Crippen LogP contribution is -2.36. The van der Waals surface area contributed by atoms with Crippen molar-refractivity contribution in [1.82, 2.24) is 5.32 Å². The summed E-state index contributed by atoms with van der Waals surface area (Å²) < 4.78 is 9.56. The zero-order valence-electron chi connectivity index (χ0n) is 7.05. The lowest BCUT2D eigenvalue weighted by Gasteiger charge is -2.17. The maximum absolute atomic E-state index is 11.1. The first-order chi connectivity index (χ1) is 5.58. The average molecular weight is 173 g/mol. The maximum Gasteiger partial charge on any atom is 0.415 e. The van der Waals surface area contributed by atoms with Crippen molar-refractivity contribution in [2.24, 2.45) is 0 Å². The van der Waals surface area contributed by atoms with Crippen LogP contribution in [0.15, 0.2) is 0 Å². The smallest absolute Gasteiger partial charge is 0.415 e. The number of alkyl carbamates (subject to hydrolysis) is 1. The Morgan fingerprint density at radius 3 is 2.67 bits per heavy atom. The third-order valence-corrected chi connectivity index (χ3v) is 1.80. The van der Waals surface area contributed by atoms with E-state index in [0.717, 1.165) is 0 Å². The third-order valence-electron chi connectivity index (χ3n) is 1.80. The Bertz CT molecular complexity index is 215. The van der Waals surface area contributed by atoms with Crippen molar-refractivity contribution in [3.05, 3.63) is 0 Å². The van der Waals surface area contributed by atoms with Crippen molar-refractivity contribution in [3.8, 4) is 0 Å². The summed E-state index contributed by atoms with van der Waals surface area (Å²) in [6.45, 7) is 1.95. The molecule has 1 aliphatic heterocycles. The molecule has 0 radical (unpaired) electrons. The summed E-state index contributed by atoms with van der Waals surface area (Å²) in [6.07, 6.45) is -0.306. The Labute approximate surface area is 70.0 Å². The molecule has 1 fully saturated rings. The maximum atomic E-state index is 11.1. The minimum Gasteiger partial charge on any atom is -0.433 e. The molecule has 1 rings (SSSR count). The van der Waals surface area contributed by atoms with Crippen LogP contribution in [0, 0.1) is 0 Å². The number of cyclic esters (lactones) is 1. The molecule has 0 aromatic rings. The highest BCUT2D eigenvalue weighted by molar-refractivity contribution is 6.02. The Morgan fingerprint density at radius 2 is 2.25 bits per heavy atom. The van der Waals surface area contributed by atoms with E-state index in [1.54, 1.807) is 6.92 Å². The second-order valence-electron chi connectivity index (χ2n) is 2.82. The summed E-state index contributed by atoms with van der Waals surface area (Å²) in [5, 5.41) is 2.06. The monoisotopic (exact) mass is 173 g/mol. The molecule has 0 bridgehead atoms. The van der Waals surface area contributed by atoms with E-state index in [0.29, 0.717) is 13.0 Å². The number of carbonyl (C=O) groups excluding carboxylic acids is 2. The number of nitrogens with one attached hydrogen (secondary N) is 1. The first-order valence-corrected chi connectivity index (χ1v) is 3.62. The lowest BCUT2D eigenvalue weighted by molar-refractivity contribution is -0.131. The lowest BCUT2D eigenvalue weighted by atomic mass is 10.0. The average Bonchev–Trinajstić information content (AvgIpc) is 2.23. The largest absolute Gasteiger partial charge is 0.433 e. The van der Waals surface area contributed by atoms with Gasteiger partial charge in [0.25, 0.3) is 5.91 Å². The molecule has 0 saturated carbocycles. The van der Waals surface area contributed by atoms with Gasteiger partial charge in [-0.1, -0.05) is 0 Å². The summed E-state index contributed by atoms with van der Waals surface area (Å²) >= 11 is 0. The van der Waals surface area contributed by atoms with Gasteiger partial charge in [-0.25, -0.2) is 4.79 Å². The van der Waals surface area contributed by atoms with E-state index in [1.807, 2.05) is 0 Å². The third kappa shape index (κ3) is 1.55. The highest BCUT2D eigenvalue weighted by atomic mass is 16.6. The van der Waals surface area contributed by atoms with E-state index in [9.17, 15) is 9.59 Å². The van der Waals surface area contributed by atoms with Gasteiger partial charge in [-0.15, -0.1) is 0 Å². The van der Waals surface area contributed by atoms with Crippen LogP contribution in [-0.4, -0.2) is 31.3 Å². The van der Waals surface area contributed by atoms with Gasteiger partial charge in [0.05, 0.1) is 6.61 Å². The second-order valence-corrected chi connectivity index (χ2v) is 2.82. The molecule has 0 aromatic carbocycles. The van der Waals surface area contributed by atoms with E-state index in [1.165, 1.54) is 7.11 Å². The van der Waals surface area contributed by atoms with Crippen LogP contribution >= 0.6 is 0 Å². The van der Waals surface area contributed by atoms with E-state index in [4.69, 9.17) is 9.47 Å². The Morgan fingerprint density at radius 1 is 1.58 bits per heavy atom. The molecule has 0 aromatic heterocycles. The molecular weight excluding hydrogens is 162 g/mol. The first kappa shape index (κ1) is 8.99. The fraction of sp³-hybridized carbons (Fsp3) is 0.714. The summed E-state index contributed by atoms with van der Waals surface area (Å²) in [6, 6.07) is 0. The van der Waals surface area contributed by atoms with Crippen molar-refractivity contribution < 1.29 is 19.1 Å². The van der Waals surface area contributed by atoms with Gasteiger partial charge in [-0.2, -0.15) is 0 Å². The van der Waals surface area contributed by atoms with Gasteiger partial charge < -0.3 is 9.47 Å². The second kappa shape index (κ2) is 3.10. The molecule has 12 heavy (non-hydrogen) atoms. The zero-order valence-corrected chi connectivity index (χ0v) is 7.05. The minimum absolute atomic E-state index is 0.376. The van der Waals surface area contributed by atoms with E-state index < -0.39 is 17.6 Å². The molecule has 1 heterocycles. The van der Waals surface area contributed by atoms with Crippen LogP contribution in [0.1, 0.15) is 13.3 Å². The normalized spacial score (nSPS) is 28.5. The van der Waals surface area contributed by atoms with Gasteiger partial charge in [0.1, 0.15) is 0 Å². The summed E-state index contributed by atoms with van der Waals surface area (Å²) in [7, 11) is 1.53. The van der Waals surface area contributed by atoms with Gasteiger partial charge in [-0.3, -0.25) is 10.1 Å². The standard InChI is InChI=1S/C7H11NO4/c1-7(3-4-11-2)5(9)8-6(10)12-7/h3-4H2,1-2H3,(H,8,9,10). The van der Waals surface area contributed by atoms with Crippen LogP contribution in [0.25, 0.3) is 0 Å². The number of carbonyl (C=O) groups is 2. The highest BCUT2D eigenvalue weighted by Gasteiger charge is 2.44. The van der Waals surface area contributed by atoms with Crippen LogP contribution in [0.3, 0.4) is 0 Å². The molecule has 2 amide bonds. The molecule has 0 aliphatic carbocycles.